The first kappa shape index (κ1) is 20.2. The van der Waals surface area contributed by atoms with Crippen LogP contribution in [0.4, 0.5) is 24.7 Å². The smallest absolute Gasteiger partial charge is 0.387 e. The Morgan fingerprint density at radius 3 is 2.73 bits per heavy atom. The van der Waals surface area contributed by atoms with Crippen LogP contribution in [0.1, 0.15) is 46.7 Å². The molecular weight excluding hydrogens is 401 g/mol. The Labute approximate surface area is 170 Å². The zero-order chi connectivity index (χ0) is 21.3. The number of aromatic carboxylic acids is 1. The number of hydrogen-bond donors (Lipinski definition) is 2. The van der Waals surface area contributed by atoms with Gasteiger partial charge >= 0.3 is 12.6 Å². The minimum atomic E-state index is -3.15. The van der Waals surface area contributed by atoms with E-state index >= 15 is 0 Å². The topological polar surface area (TPSA) is 80.7 Å². The third-order valence-corrected chi connectivity index (χ3v) is 5.01. The molecule has 1 saturated carbocycles. The van der Waals surface area contributed by atoms with E-state index in [1.54, 1.807) is 12.3 Å². The van der Waals surface area contributed by atoms with Gasteiger partial charge in [0.15, 0.2) is 5.75 Å². The van der Waals surface area contributed by atoms with Crippen LogP contribution in [0.2, 0.25) is 0 Å². The van der Waals surface area contributed by atoms with Crippen molar-refractivity contribution in [1.82, 2.24) is 4.98 Å². The highest BCUT2D eigenvalue weighted by Gasteiger charge is 2.27. The van der Waals surface area contributed by atoms with Crippen LogP contribution < -0.4 is 10.1 Å². The van der Waals surface area contributed by atoms with Crippen molar-refractivity contribution in [1.29, 1.82) is 0 Å². The van der Waals surface area contributed by atoms with E-state index in [2.05, 4.69) is 10.3 Å². The average molecular weight is 420 g/mol. The lowest BCUT2D eigenvalue weighted by atomic mass is 9.99. The molecule has 158 valence electrons. The summed E-state index contributed by atoms with van der Waals surface area (Å²) >= 11 is 0. The molecule has 0 atom stereocenters. The zero-order valence-corrected chi connectivity index (χ0v) is 15.8. The van der Waals surface area contributed by atoms with E-state index in [0.29, 0.717) is 18.6 Å². The second-order valence-electron chi connectivity index (χ2n) is 7.13. The number of rotatable bonds is 7. The Morgan fingerprint density at radius 1 is 1.30 bits per heavy atom. The number of nitrogens with one attached hydrogen (secondary N) is 1. The molecule has 1 fully saturated rings. The van der Waals surface area contributed by atoms with Gasteiger partial charge in [0.05, 0.1) is 18.9 Å². The van der Waals surface area contributed by atoms with Gasteiger partial charge in [-0.15, -0.1) is 0 Å². The van der Waals surface area contributed by atoms with Gasteiger partial charge in [-0.05, 0) is 48.4 Å². The summed E-state index contributed by atoms with van der Waals surface area (Å²) in [4.78, 5) is 15.9. The molecule has 0 unspecified atom stereocenters. The van der Waals surface area contributed by atoms with E-state index in [0.717, 1.165) is 30.5 Å². The van der Waals surface area contributed by atoms with Gasteiger partial charge in [0.2, 0.25) is 0 Å². The number of hydrogen-bond acceptors (Lipinski definition) is 5. The van der Waals surface area contributed by atoms with E-state index in [1.807, 2.05) is 0 Å². The fourth-order valence-corrected chi connectivity index (χ4v) is 3.42. The maximum Gasteiger partial charge on any atom is 0.387 e. The molecule has 2 aromatic rings. The number of carbonyl (C=O) groups is 1. The third kappa shape index (κ3) is 4.40. The second-order valence-corrected chi connectivity index (χ2v) is 7.13. The molecule has 30 heavy (non-hydrogen) atoms. The summed E-state index contributed by atoms with van der Waals surface area (Å²) in [7, 11) is 0. The van der Waals surface area contributed by atoms with Crippen LogP contribution in [-0.4, -0.2) is 35.9 Å². The summed E-state index contributed by atoms with van der Waals surface area (Å²) in [5.41, 5.74) is 1.31. The van der Waals surface area contributed by atoms with Gasteiger partial charge in [0, 0.05) is 17.8 Å². The molecule has 1 aliphatic heterocycles. The summed E-state index contributed by atoms with van der Waals surface area (Å²) in [6, 6.07) is 3.59. The quantitative estimate of drug-likeness (QED) is 0.660. The molecule has 0 amide bonds. The van der Waals surface area contributed by atoms with Crippen molar-refractivity contribution in [3.63, 3.8) is 0 Å². The lowest BCUT2D eigenvalue weighted by Gasteiger charge is -2.21. The fourth-order valence-electron chi connectivity index (χ4n) is 3.42. The minimum Gasteiger partial charge on any atom is -0.478 e. The molecule has 2 heterocycles. The Morgan fingerprint density at radius 2 is 2.10 bits per heavy atom. The second kappa shape index (κ2) is 8.35. The predicted molar refractivity (Wildman–Crippen MR) is 103 cm³/mol. The highest BCUT2D eigenvalue weighted by atomic mass is 19.3. The highest BCUT2D eigenvalue weighted by molar-refractivity contribution is 5.94. The van der Waals surface area contributed by atoms with Crippen LogP contribution in [0.5, 0.6) is 5.75 Å². The average Bonchev–Trinajstić information content (AvgIpc) is 3.55. The Balaban J connectivity index is 1.77. The van der Waals surface area contributed by atoms with Gasteiger partial charge in [0.1, 0.15) is 17.2 Å². The molecular formula is C21H19F3N2O4. The van der Waals surface area contributed by atoms with Gasteiger partial charge in [-0.3, -0.25) is 0 Å². The zero-order valence-electron chi connectivity index (χ0n) is 15.8. The normalized spacial score (nSPS) is 16.3. The summed E-state index contributed by atoms with van der Waals surface area (Å²) in [6.07, 6.45) is 5.54. The fraction of sp³-hybridized carbons (Fsp3) is 0.333. The largest absolute Gasteiger partial charge is 0.478 e. The number of nitrogens with zero attached hydrogens (tertiary/aromatic N) is 1. The van der Waals surface area contributed by atoms with Crippen LogP contribution in [-0.2, 0) is 4.74 Å². The number of alkyl halides is 2. The molecule has 2 N–H and O–H groups in total. The van der Waals surface area contributed by atoms with Crippen molar-refractivity contribution in [2.24, 2.45) is 0 Å². The number of aromatic nitrogens is 1. The summed E-state index contributed by atoms with van der Waals surface area (Å²) in [6.45, 7) is -2.51. The van der Waals surface area contributed by atoms with Crippen molar-refractivity contribution in [3.8, 4) is 5.75 Å². The molecule has 1 aromatic heterocycles. The molecule has 0 bridgehead atoms. The van der Waals surface area contributed by atoms with Crippen LogP contribution in [0.3, 0.4) is 0 Å². The van der Waals surface area contributed by atoms with Gasteiger partial charge in [-0.25, -0.2) is 14.2 Å². The molecule has 9 heteroatoms. The Kier molecular flexibility index (Phi) is 5.63. The third-order valence-electron chi connectivity index (χ3n) is 5.01. The molecule has 0 spiro atoms. The molecule has 0 radical (unpaired) electrons. The van der Waals surface area contributed by atoms with E-state index < -0.39 is 18.4 Å². The maximum absolute atomic E-state index is 14.4. The van der Waals surface area contributed by atoms with Crippen LogP contribution in [0.15, 0.2) is 30.5 Å². The SMILES string of the molecule is O=C(O)c1cc(C2CC2)cnc1Nc1cc(F)cc(C2=CCOCC2)c1OC(F)F. The van der Waals surface area contributed by atoms with Crippen molar-refractivity contribution in [3.05, 3.63) is 53.0 Å². The molecule has 4 rings (SSSR count). The summed E-state index contributed by atoms with van der Waals surface area (Å²) in [5, 5.41) is 12.3. The molecule has 0 saturated heterocycles. The molecule has 6 nitrogen and oxygen atoms in total. The molecule has 1 aromatic carbocycles. The monoisotopic (exact) mass is 420 g/mol. The number of benzene rings is 1. The van der Waals surface area contributed by atoms with Crippen molar-refractivity contribution in [2.45, 2.75) is 31.8 Å². The van der Waals surface area contributed by atoms with Gasteiger partial charge in [-0.1, -0.05) is 6.08 Å². The van der Waals surface area contributed by atoms with Gasteiger partial charge < -0.3 is 19.9 Å². The number of ether oxygens (including phenoxy) is 2. The van der Waals surface area contributed by atoms with Crippen LogP contribution in [0.25, 0.3) is 5.57 Å². The molecule has 2 aliphatic rings. The molecule has 1 aliphatic carbocycles. The van der Waals surface area contributed by atoms with Crippen molar-refractivity contribution in [2.75, 3.05) is 18.5 Å². The van der Waals surface area contributed by atoms with Gasteiger partial charge in [0.25, 0.3) is 0 Å². The van der Waals surface area contributed by atoms with E-state index in [4.69, 9.17) is 9.47 Å². The maximum atomic E-state index is 14.4. The van der Waals surface area contributed by atoms with E-state index in [9.17, 15) is 23.1 Å². The number of carboxylic acid groups (broad SMARTS) is 1. The number of halogens is 3. The lowest BCUT2D eigenvalue weighted by molar-refractivity contribution is -0.0496. The van der Waals surface area contributed by atoms with Crippen molar-refractivity contribution >= 4 is 23.0 Å². The summed E-state index contributed by atoms with van der Waals surface area (Å²) in [5.74, 6) is -1.99. The Hall–Kier alpha value is -3.07. The lowest BCUT2D eigenvalue weighted by Crippen LogP contribution is -2.12. The number of pyridine rings is 1. The van der Waals surface area contributed by atoms with Crippen molar-refractivity contribution < 1.29 is 32.5 Å². The standard InChI is InChI=1S/C21H19F3N2O4/c22-14-8-15(12-3-5-29-6-4-12)18(30-21(23)24)17(9-14)26-19-16(20(27)28)7-13(10-25-19)11-1-2-11/h3,7-11,21H,1-2,4-6H2,(H,25,26)(H,27,28). The van der Waals surface area contributed by atoms with E-state index in [1.165, 1.54) is 6.07 Å². The first-order valence-corrected chi connectivity index (χ1v) is 9.48. The minimum absolute atomic E-state index is 0.0801. The number of carboxylic acids is 1. The Bertz CT molecular complexity index is 1010. The van der Waals surface area contributed by atoms with E-state index in [-0.39, 0.29) is 40.9 Å². The summed E-state index contributed by atoms with van der Waals surface area (Å²) < 4.78 is 50.6. The van der Waals surface area contributed by atoms with Crippen LogP contribution >= 0.6 is 0 Å². The first-order valence-electron chi connectivity index (χ1n) is 9.48. The number of anilines is 2. The highest BCUT2D eigenvalue weighted by Crippen LogP contribution is 2.42. The van der Waals surface area contributed by atoms with Crippen LogP contribution in [0, 0.1) is 5.82 Å². The first-order chi connectivity index (χ1) is 14.4. The predicted octanol–water partition coefficient (Wildman–Crippen LogP) is 4.95. The van der Waals surface area contributed by atoms with Gasteiger partial charge in [-0.2, -0.15) is 8.78 Å².